The number of phenolic OH excluding ortho intramolecular Hbond substituents is 1. The van der Waals surface area contributed by atoms with Crippen LogP contribution in [0, 0.1) is 11.6 Å². The lowest BCUT2D eigenvalue weighted by molar-refractivity contribution is 0.370. The topological polar surface area (TPSA) is 72.0 Å². The number of rotatable bonds is 11. The number of hydrogen-bond donors (Lipinski definition) is 3. The number of hydrogen-bond acceptors (Lipinski definition) is 6. The van der Waals surface area contributed by atoms with E-state index in [1.807, 2.05) is 39.0 Å². The molecule has 0 aliphatic rings. The van der Waals surface area contributed by atoms with Crippen molar-refractivity contribution in [1.82, 2.24) is 0 Å². The molecule has 0 bridgehead atoms. The number of methoxy groups -OCH3 is 1. The van der Waals surface area contributed by atoms with E-state index in [0.29, 0.717) is 17.2 Å². The average molecular weight is 565 g/mol. The Balaban J connectivity index is 0.000000226. The van der Waals surface area contributed by atoms with Crippen molar-refractivity contribution in [3.05, 3.63) is 95.6 Å². The minimum Gasteiger partial charge on any atom is -0.504 e. The van der Waals surface area contributed by atoms with Crippen LogP contribution in [0.3, 0.4) is 0 Å². The largest absolute Gasteiger partial charge is 0.504 e. The summed E-state index contributed by atoms with van der Waals surface area (Å²) in [6, 6.07) is 20.2. The molecule has 0 saturated carbocycles. The summed E-state index contributed by atoms with van der Waals surface area (Å²) in [5.41, 5.74) is 3.57. The zero-order chi connectivity index (χ0) is 29.8. The number of ether oxygens (including phenoxy) is 3. The van der Waals surface area contributed by atoms with Crippen LogP contribution in [-0.4, -0.2) is 25.3 Å². The molecule has 0 saturated heterocycles. The van der Waals surface area contributed by atoms with Crippen LogP contribution in [0.15, 0.2) is 72.8 Å². The summed E-state index contributed by atoms with van der Waals surface area (Å²) in [5, 5.41) is 15.9. The maximum absolute atomic E-state index is 14.0. The first-order valence-electron chi connectivity index (χ1n) is 13.7. The quantitative estimate of drug-likeness (QED) is 0.169. The highest BCUT2D eigenvalue weighted by atomic mass is 19.1. The van der Waals surface area contributed by atoms with Crippen molar-refractivity contribution >= 4 is 11.4 Å². The minimum atomic E-state index is -0.470. The van der Waals surface area contributed by atoms with E-state index in [4.69, 9.17) is 14.2 Å². The molecule has 4 aromatic carbocycles. The highest BCUT2D eigenvalue weighted by molar-refractivity contribution is 5.51. The van der Waals surface area contributed by atoms with Gasteiger partial charge in [-0.3, -0.25) is 0 Å². The Bertz CT molecular complexity index is 1430. The molecule has 0 aromatic heterocycles. The molecule has 0 amide bonds. The van der Waals surface area contributed by atoms with E-state index in [9.17, 15) is 13.9 Å². The van der Waals surface area contributed by atoms with Crippen LogP contribution >= 0.6 is 0 Å². The highest BCUT2D eigenvalue weighted by Gasteiger charge is 2.11. The summed E-state index contributed by atoms with van der Waals surface area (Å²) >= 11 is 0. The molecule has 3 N–H and O–H groups in total. The third-order valence-corrected chi connectivity index (χ3v) is 6.13. The maximum atomic E-state index is 14.0. The van der Waals surface area contributed by atoms with Gasteiger partial charge < -0.3 is 30.0 Å². The molecule has 0 fully saturated rings. The van der Waals surface area contributed by atoms with E-state index in [0.717, 1.165) is 42.7 Å². The van der Waals surface area contributed by atoms with Crippen LogP contribution < -0.4 is 24.8 Å². The Hall–Kier alpha value is -4.46. The Morgan fingerprint density at radius 2 is 1.05 bits per heavy atom. The monoisotopic (exact) mass is 564 g/mol. The first-order valence-corrected chi connectivity index (χ1v) is 13.7. The number of anilines is 2. The number of benzene rings is 4. The Kier molecular flexibility index (Phi) is 11.6. The van der Waals surface area contributed by atoms with E-state index >= 15 is 0 Å². The standard InChI is InChI=1S/C17H20FNO2.C16H18FNO2/c1-4-12-6-8-16(17(10-12)20-3)21-15-9-7-13(19-5-2)11-14(15)18;1-3-11-5-7-16(14(19)9-11)20-15-8-6-12(18-4-2)10-13(15)17/h6-11,19H,4-5H2,1-3H3;5-10,18-19H,3-4H2,1-2H3. The molecule has 0 radical (unpaired) electrons. The van der Waals surface area contributed by atoms with Gasteiger partial charge in [-0.25, -0.2) is 8.78 Å². The van der Waals surface area contributed by atoms with E-state index in [-0.39, 0.29) is 23.0 Å². The molecule has 4 rings (SSSR count). The predicted molar refractivity (Wildman–Crippen MR) is 161 cm³/mol. The van der Waals surface area contributed by atoms with Crippen LogP contribution in [-0.2, 0) is 12.8 Å². The van der Waals surface area contributed by atoms with Crippen LogP contribution in [0.5, 0.6) is 34.5 Å². The van der Waals surface area contributed by atoms with Gasteiger partial charge in [-0.05, 0) is 86.3 Å². The van der Waals surface area contributed by atoms with E-state index < -0.39 is 11.6 Å². The van der Waals surface area contributed by atoms with E-state index in [2.05, 4.69) is 17.6 Å². The fourth-order valence-corrected chi connectivity index (χ4v) is 3.92. The number of phenols is 1. The summed E-state index contributed by atoms with van der Waals surface area (Å²) < 4.78 is 44.3. The van der Waals surface area contributed by atoms with Gasteiger partial charge in [0.05, 0.1) is 7.11 Å². The Morgan fingerprint density at radius 3 is 1.49 bits per heavy atom. The molecule has 218 valence electrons. The first-order chi connectivity index (χ1) is 19.8. The summed E-state index contributed by atoms with van der Waals surface area (Å²) in [7, 11) is 1.58. The van der Waals surface area contributed by atoms with Gasteiger partial charge in [-0.15, -0.1) is 0 Å². The SMILES string of the molecule is CCNc1ccc(Oc2ccc(CC)cc2O)c(F)c1.CCNc1ccc(Oc2ccc(CC)cc2OC)c(F)c1. The third-order valence-electron chi connectivity index (χ3n) is 6.13. The summed E-state index contributed by atoms with van der Waals surface area (Å²) in [4.78, 5) is 0. The summed E-state index contributed by atoms with van der Waals surface area (Å²) in [6.07, 6.45) is 1.72. The number of nitrogens with one attached hydrogen (secondary N) is 2. The normalized spacial score (nSPS) is 10.3. The second kappa shape index (κ2) is 15.4. The summed E-state index contributed by atoms with van der Waals surface area (Å²) in [5.74, 6) is 0.758. The molecule has 0 unspecified atom stereocenters. The van der Waals surface area contributed by atoms with Gasteiger partial charge in [-0.1, -0.05) is 26.0 Å². The smallest absolute Gasteiger partial charge is 0.169 e. The van der Waals surface area contributed by atoms with E-state index in [1.165, 1.54) is 12.1 Å². The maximum Gasteiger partial charge on any atom is 0.169 e. The van der Waals surface area contributed by atoms with Crippen molar-refractivity contribution in [1.29, 1.82) is 0 Å². The molecule has 8 heteroatoms. The number of aryl methyl sites for hydroxylation is 2. The third kappa shape index (κ3) is 8.76. The molecule has 6 nitrogen and oxygen atoms in total. The molecule has 0 atom stereocenters. The van der Waals surface area contributed by atoms with Crippen molar-refractivity contribution in [2.24, 2.45) is 0 Å². The zero-order valence-electron chi connectivity index (χ0n) is 24.2. The molecule has 0 spiro atoms. The van der Waals surface area contributed by atoms with Crippen LogP contribution in [0.1, 0.15) is 38.8 Å². The minimum absolute atomic E-state index is 0.0134. The van der Waals surface area contributed by atoms with Crippen molar-refractivity contribution in [2.45, 2.75) is 40.5 Å². The zero-order valence-corrected chi connectivity index (χ0v) is 24.2. The molecular weight excluding hydrogens is 526 g/mol. The van der Waals surface area contributed by atoms with Gasteiger partial charge in [0.1, 0.15) is 0 Å². The van der Waals surface area contributed by atoms with Crippen LogP contribution in [0.4, 0.5) is 20.2 Å². The van der Waals surface area contributed by atoms with Crippen molar-refractivity contribution in [3.63, 3.8) is 0 Å². The van der Waals surface area contributed by atoms with Crippen LogP contribution in [0.25, 0.3) is 0 Å². The molecule has 41 heavy (non-hydrogen) atoms. The predicted octanol–water partition coefficient (Wildman–Crippen LogP) is 8.94. The highest BCUT2D eigenvalue weighted by Crippen LogP contribution is 2.35. The van der Waals surface area contributed by atoms with Crippen LogP contribution in [0.2, 0.25) is 0 Å². The molecule has 4 aromatic rings. The molecule has 0 aliphatic heterocycles. The van der Waals surface area contributed by atoms with Gasteiger partial charge in [0, 0.05) is 36.6 Å². The van der Waals surface area contributed by atoms with Gasteiger partial charge in [-0.2, -0.15) is 0 Å². The fraction of sp³-hybridized carbons (Fsp3) is 0.273. The number of aromatic hydroxyl groups is 1. The average Bonchev–Trinajstić information content (AvgIpc) is 2.97. The molecule has 0 heterocycles. The van der Waals surface area contributed by atoms with Crippen molar-refractivity contribution in [3.8, 4) is 34.5 Å². The molecule has 0 aliphatic carbocycles. The van der Waals surface area contributed by atoms with E-state index in [1.54, 1.807) is 49.6 Å². The fourth-order valence-electron chi connectivity index (χ4n) is 3.92. The second-order valence-corrected chi connectivity index (χ2v) is 9.05. The lowest BCUT2D eigenvalue weighted by Crippen LogP contribution is -1.98. The van der Waals surface area contributed by atoms with Gasteiger partial charge in [0.15, 0.2) is 46.1 Å². The Labute approximate surface area is 240 Å². The second-order valence-electron chi connectivity index (χ2n) is 9.05. The van der Waals surface area contributed by atoms with Gasteiger partial charge >= 0.3 is 0 Å². The van der Waals surface area contributed by atoms with Crippen molar-refractivity contribution < 1.29 is 28.1 Å². The van der Waals surface area contributed by atoms with Crippen molar-refractivity contribution in [2.75, 3.05) is 30.8 Å². The molecular formula is C33H38F2N2O4. The number of halogens is 2. The summed E-state index contributed by atoms with van der Waals surface area (Å²) in [6.45, 7) is 9.42. The van der Waals surface area contributed by atoms with Gasteiger partial charge in [0.25, 0.3) is 0 Å². The lowest BCUT2D eigenvalue weighted by atomic mass is 10.1. The Morgan fingerprint density at radius 1 is 0.585 bits per heavy atom. The van der Waals surface area contributed by atoms with Gasteiger partial charge in [0.2, 0.25) is 0 Å². The first kappa shape index (κ1) is 31.1. The lowest BCUT2D eigenvalue weighted by Gasteiger charge is -2.13.